The van der Waals surface area contributed by atoms with E-state index in [1.54, 1.807) is 4.90 Å². The van der Waals surface area contributed by atoms with E-state index in [0.717, 1.165) is 25.1 Å². The third-order valence-corrected chi connectivity index (χ3v) is 4.23. The third-order valence-electron chi connectivity index (χ3n) is 4.23. The first-order valence-electron chi connectivity index (χ1n) is 8.07. The molecular weight excluding hydrogens is 342 g/mol. The molecule has 0 spiro atoms. The number of hydrogen-bond acceptors (Lipinski definition) is 9. The Kier molecular flexibility index (Phi) is 4.69. The van der Waals surface area contributed by atoms with Gasteiger partial charge in [0.15, 0.2) is 0 Å². The molecule has 3 heterocycles. The van der Waals surface area contributed by atoms with Crippen molar-refractivity contribution in [3.63, 3.8) is 0 Å². The minimum Gasteiger partial charge on any atom is -0.365 e. The second-order valence-electron chi connectivity index (χ2n) is 6.30. The van der Waals surface area contributed by atoms with Gasteiger partial charge in [0, 0.05) is 33.3 Å². The Labute approximate surface area is 148 Å². The first-order valence-corrected chi connectivity index (χ1v) is 8.07. The number of piperidine rings is 1. The lowest BCUT2D eigenvalue weighted by Crippen LogP contribution is -2.36. The molecule has 26 heavy (non-hydrogen) atoms. The maximum Gasteiger partial charge on any atom is 0.288 e. The Balaban J connectivity index is 1.87. The molecule has 0 bridgehead atoms. The van der Waals surface area contributed by atoms with Crippen LogP contribution in [0.2, 0.25) is 0 Å². The average molecular weight is 361 g/mol. The van der Waals surface area contributed by atoms with Gasteiger partial charge in [0.25, 0.3) is 17.5 Å². The molecule has 1 saturated heterocycles. The number of primary amides is 1. The van der Waals surface area contributed by atoms with Crippen LogP contribution in [-0.2, 0) is 0 Å². The topological polar surface area (TPSA) is 145 Å². The summed E-state index contributed by atoms with van der Waals surface area (Å²) in [6, 6.07) is 1.16. The maximum absolute atomic E-state index is 11.8. The first kappa shape index (κ1) is 17.6. The van der Waals surface area contributed by atoms with Gasteiger partial charge in [0.05, 0.1) is 16.4 Å². The highest BCUT2D eigenvalue weighted by molar-refractivity contribution is 5.98. The van der Waals surface area contributed by atoms with Gasteiger partial charge in [-0.1, -0.05) is 0 Å². The molecule has 0 saturated carbocycles. The summed E-state index contributed by atoms with van der Waals surface area (Å²) in [5.41, 5.74) is 5.15. The Morgan fingerprint density at radius 3 is 2.88 bits per heavy atom. The molecule has 2 aromatic rings. The number of rotatable bonds is 5. The van der Waals surface area contributed by atoms with Crippen molar-refractivity contribution in [1.29, 1.82) is 0 Å². The van der Waals surface area contributed by atoms with Gasteiger partial charge in [-0.25, -0.2) is 4.98 Å². The summed E-state index contributed by atoms with van der Waals surface area (Å²) in [5.74, 6) is 0.554. The predicted octanol–water partition coefficient (Wildman–Crippen LogP) is 0.922. The second kappa shape index (κ2) is 6.94. The maximum atomic E-state index is 11.8. The molecule has 0 aliphatic carbocycles. The zero-order chi connectivity index (χ0) is 18.8. The van der Waals surface area contributed by atoms with Crippen molar-refractivity contribution in [3.8, 4) is 0 Å². The number of carbonyl (C=O) groups excluding carboxylic acids is 1. The van der Waals surface area contributed by atoms with Crippen LogP contribution in [0.4, 0.5) is 17.5 Å². The molecular formula is C15H19N7O4. The van der Waals surface area contributed by atoms with Crippen LogP contribution >= 0.6 is 0 Å². The molecule has 1 amide bonds. The van der Waals surface area contributed by atoms with E-state index in [9.17, 15) is 14.9 Å². The van der Waals surface area contributed by atoms with Crippen molar-refractivity contribution >= 4 is 23.4 Å². The fourth-order valence-corrected chi connectivity index (χ4v) is 2.93. The van der Waals surface area contributed by atoms with E-state index in [1.807, 2.05) is 19.0 Å². The van der Waals surface area contributed by atoms with E-state index < -0.39 is 10.8 Å². The molecule has 0 radical (unpaired) electrons. The lowest BCUT2D eigenvalue weighted by atomic mass is 9.97. The fraction of sp³-hybridized carbons (Fsp3) is 0.467. The van der Waals surface area contributed by atoms with Crippen molar-refractivity contribution in [2.24, 2.45) is 5.73 Å². The summed E-state index contributed by atoms with van der Waals surface area (Å²) in [6.45, 7) is 1.15. The fourth-order valence-electron chi connectivity index (χ4n) is 2.93. The molecule has 1 aliphatic heterocycles. The van der Waals surface area contributed by atoms with Crippen LogP contribution in [0.25, 0.3) is 0 Å². The highest BCUT2D eigenvalue weighted by Gasteiger charge is 2.29. The molecule has 11 heteroatoms. The SMILES string of the molecule is CN(C)c1noc(C2CCCN(c3ncc([N+](=O)[O-])cc3C(N)=O)C2)n1. The lowest BCUT2D eigenvalue weighted by Gasteiger charge is -2.32. The van der Waals surface area contributed by atoms with Crippen molar-refractivity contribution < 1.29 is 14.2 Å². The van der Waals surface area contributed by atoms with E-state index in [-0.39, 0.29) is 17.2 Å². The summed E-state index contributed by atoms with van der Waals surface area (Å²) in [7, 11) is 3.64. The Morgan fingerprint density at radius 2 is 2.27 bits per heavy atom. The Hall–Kier alpha value is -3.24. The van der Waals surface area contributed by atoms with Crippen LogP contribution in [0.1, 0.15) is 35.0 Å². The van der Waals surface area contributed by atoms with Crippen molar-refractivity contribution in [1.82, 2.24) is 15.1 Å². The second-order valence-corrected chi connectivity index (χ2v) is 6.30. The summed E-state index contributed by atoms with van der Waals surface area (Å²) in [5, 5.41) is 14.8. The Morgan fingerprint density at radius 1 is 1.50 bits per heavy atom. The van der Waals surface area contributed by atoms with E-state index in [4.69, 9.17) is 10.3 Å². The zero-order valence-corrected chi connectivity index (χ0v) is 14.5. The van der Waals surface area contributed by atoms with Crippen LogP contribution in [0, 0.1) is 10.1 Å². The number of pyridine rings is 1. The van der Waals surface area contributed by atoms with Crippen molar-refractivity contribution in [2.75, 3.05) is 37.0 Å². The monoisotopic (exact) mass is 361 g/mol. The summed E-state index contributed by atoms with van der Waals surface area (Å²) in [6.07, 6.45) is 2.80. The van der Waals surface area contributed by atoms with Gasteiger partial charge in [0.1, 0.15) is 12.0 Å². The third kappa shape index (κ3) is 3.41. The number of carbonyl (C=O) groups is 1. The molecule has 138 valence electrons. The number of nitro groups is 1. The van der Waals surface area contributed by atoms with Gasteiger partial charge < -0.3 is 20.1 Å². The summed E-state index contributed by atoms with van der Waals surface area (Å²) in [4.78, 5) is 34.2. The van der Waals surface area contributed by atoms with Crippen LogP contribution in [0.15, 0.2) is 16.8 Å². The molecule has 3 rings (SSSR count). The van der Waals surface area contributed by atoms with Crippen LogP contribution in [0.3, 0.4) is 0 Å². The number of nitrogens with zero attached hydrogens (tertiary/aromatic N) is 6. The molecule has 1 fully saturated rings. The molecule has 1 unspecified atom stereocenters. The largest absolute Gasteiger partial charge is 0.365 e. The van der Waals surface area contributed by atoms with Gasteiger partial charge in [-0.15, -0.1) is 0 Å². The normalized spacial score (nSPS) is 17.2. The number of anilines is 2. The highest BCUT2D eigenvalue weighted by atomic mass is 16.6. The number of hydrogen-bond donors (Lipinski definition) is 1. The molecule has 11 nitrogen and oxygen atoms in total. The number of amides is 1. The van der Waals surface area contributed by atoms with Crippen LogP contribution in [0.5, 0.6) is 0 Å². The van der Waals surface area contributed by atoms with Gasteiger partial charge in [-0.05, 0) is 18.0 Å². The van der Waals surface area contributed by atoms with Crippen LogP contribution < -0.4 is 15.5 Å². The van der Waals surface area contributed by atoms with Crippen molar-refractivity contribution in [2.45, 2.75) is 18.8 Å². The minimum absolute atomic E-state index is 0.0253. The lowest BCUT2D eigenvalue weighted by molar-refractivity contribution is -0.385. The standard InChI is InChI=1S/C15H19N7O4/c1-20(2)15-18-14(26-19-15)9-4-3-5-21(8-9)13-11(12(16)23)6-10(7-17-13)22(24)25/h6-7,9H,3-5,8H2,1-2H3,(H2,16,23). The molecule has 1 atom stereocenters. The van der Waals surface area contributed by atoms with E-state index in [0.29, 0.717) is 30.7 Å². The first-order chi connectivity index (χ1) is 12.4. The predicted molar refractivity (Wildman–Crippen MR) is 92.2 cm³/mol. The molecule has 2 aromatic heterocycles. The average Bonchev–Trinajstić information content (AvgIpc) is 3.11. The van der Waals surface area contributed by atoms with Gasteiger partial charge in [-0.3, -0.25) is 14.9 Å². The quantitative estimate of drug-likeness (QED) is 0.607. The van der Waals surface area contributed by atoms with E-state index >= 15 is 0 Å². The number of nitrogens with two attached hydrogens (primary N) is 1. The molecule has 2 N–H and O–H groups in total. The Bertz CT molecular complexity index is 835. The molecule has 1 aliphatic rings. The van der Waals surface area contributed by atoms with Gasteiger partial charge >= 0.3 is 0 Å². The van der Waals surface area contributed by atoms with E-state index in [1.165, 1.54) is 0 Å². The van der Waals surface area contributed by atoms with Gasteiger partial charge in [-0.2, -0.15) is 4.98 Å². The van der Waals surface area contributed by atoms with E-state index in [2.05, 4.69) is 15.1 Å². The van der Waals surface area contributed by atoms with Crippen LogP contribution in [-0.4, -0.2) is 53.1 Å². The zero-order valence-electron chi connectivity index (χ0n) is 14.5. The van der Waals surface area contributed by atoms with Gasteiger partial charge in [0.2, 0.25) is 5.89 Å². The smallest absolute Gasteiger partial charge is 0.288 e. The highest BCUT2D eigenvalue weighted by Crippen LogP contribution is 2.31. The number of aromatic nitrogens is 3. The summed E-state index contributed by atoms with van der Waals surface area (Å²) >= 11 is 0. The minimum atomic E-state index is -0.758. The molecule has 0 aromatic carbocycles. The summed E-state index contributed by atoms with van der Waals surface area (Å²) < 4.78 is 5.35. The van der Waals surface area contributed by atoms with Crippen molar-refractivity contribution in [3.05, 3.63) is 33.8 Å².